The van der Waals surface area contributed by atoms with Crippen LogP contribution in [0.4, 0.5) is 11.6 Å². The maximum Gasteiger partial charge on any atom is 0.224 e. The van der Waals surface area contributed by atoms with E-state index in [1.165, 1.54) is 28.6 Å². The number of nitrogen functional groups attached to an aromatic ring is 1. The minimum absolute atomic E-state index is 0.304. The van der Waals surface area contributed by atoms with E-state index in [2.05, 4.69) is 56.8 Å². The van der Waals surface area contributed by atoms with Crippen LogP contribution in [0.5, 0.6) is 0 Å². The predicted molar refractivity (Wildman–Crippen MR) is 99.4 cm³/mol. The van der Waals surface area contributed by atoms with Crippen molar-refractivity contribution in [2.75, 3.05) is 43.1 Å². The normalized spacial score (nSPS) is 15.7. The molecule has 0 aliphatic carbocycles. The molecule has 1 fully saturated rings. The molecule has 2 aromatic rings. The molecule has 0 saturated carbocycles. The van der Waals surface area contributed by atoms with Gasteiger partial charge < -0.3 is 10.6 Å². The van der Waals surface area contributed by atoms with Crippen LogP contribution in [0, 0.1) is 13.8 Å². The van der Waals surface area contributed by atoms with Gasteiger partial charge in [-0.1, -0.05) is 17.8 Å². The van der Waals surface area contributed by atoms with Gasteiger partial charge in [-0.15, -0.1) is 0 Å². The quantitative estimate of drug-likeness (QED) is 0.852. The molecule has 0 radical (unpaired) electrons. The van der Waals surface area contributed by atoms with E-state index >= 15 is 0 Å². The van der Waals surface area contributed by atoms with Gasteiger partial charge >= 0.3 is 0 Å². The number of benzene rings is 1. The lowest BCUT2D eigenvalue weighted by atomic mass is 10.1. The second-order valence-corrected chi connectivity index (χ2v) is 6.90. The Kier molecular flexibility index (Phi) is 5.20. The van der Waals surface area contributed by atoms with Gasteiger partial charge in [0.25, 0.3) is 0 Å². The van der Waals surface area contributed by atoms with Crippen molar-refractivity contribution < 1.29 is 0 Å². The van der Waals surface area contributed by atoms with E-state index in [4.69, 9.17) is 5.73 Å². The predicted octanol–water partition coefficient (Wildman–Crippen LogP) is 2.11. The number of nitrogens with two attached hydrogens (primary N) is 1. The van der Waals surface area contributed by atoms with Crippen molar-refractivity contribution in [2.24, 2.45) is 0 Å². The molecule has 1 saturated heterocycles. The summed E-state index contributed by atoms with van der Waals surface area (Å²) in [6.07, 6.45) is 1.95. The highest BCUT2D eigenvalue weighted by Crippen LogP contribution is 2.20. The number of hydrogen-bond donors (Lipinski definition) is 1. The second kappa shape index (κ2) is 7.36. The average molecular weight is 344 g/mol. The van der Waals surface area contributed by atoms with Gasteiger partial charge in [0.1, 0.15) is 5.82 Å². The molecule has 7 heteroatoms. The molecule has 24 heavy (non-hydrogen) atoms. The molecule has 0 spiro atoms. The van der Waals surface area contributed by atoms with E-state index in [-0.39, 0.29) is 0 Å². The minimum atomic E-state index is 0.304. The van der Waals surface area contributed by atoms with Gasteiger partial charge in [0.2, 0.25) is 5.95 Å². The largest absolute Gasteiger partial charge is 0.369 e. The van der Waals surface area contributed by atoms with Crippen molar-refractivity contribution in [1.29, 1.82) is 0 Å². The molecular weight excluding hydrogens is 320 g/mol. The van der Waals surface area contributed by atoms with Gasteiger partial charge in [-0.25, -0.2) is 4.98 Å². The Morgan fingerprint density at radius 1 is 1.04 bits per heavy atom. The zero-order valence-electron chi connectivity index (χ0n) is 14.5. The standard InChI is InChI=1S/C17H24N6S/c1-12-4-5-14(10-13(12)2)23-8-6-22(7-9-23)11-15-19-16(18)21-17(20-15)24-3/h4-5,10H,6-9,11H2,1-3H3,(H2,18,19,20,21). The number of rotatable bonds is 4. The van der Waals surface area contributed by atoms with Crippen LogP contribution in [-0.4, -0.2) is 52.3 Å². The third-order valence-corrected chi connectivity index (χ3v) is 5.00. The van der Waals surface area contributed by atoms with Gasteiger partial charge in [0, 0.05) is 31.9 Å². The third-order valence-electron chi connectivity index (χ3n) is 4.45. The van der Waals surface area contributed by atoms with Gasteiger partial charge in [0.05, 0.1) is 6.54 Å². The summed E-state index contributed by atoms with van der Waals surface area (Å²) in [5.74, 6) is 1.06. The van der Waals surface area contributed by atoms with E-state index in [1.807, 2.05) is 6.26 Å². The minimum Gasteiger partial charge on any atom is -0.369 e. The van der Waals surface area contributed by atoms with E-state index in [0.717, 1.165) is 38.5 Å². The van der Waals surface area contributed by atoms with Crippen LogP contribution in [0.3, 0.4) is 0 Å². The van der Waals surface area contributed by atoms with E-state index in [0.29, 0.717) is 11.1 Å². The van der Waals surface area contributed by atoms with Gasteiger partial charge in [-0.2, -0.15) is 9.97 Å². The molecule has 3 rings (SSSR count). The third kappa shape index (κ3) is 3.96. The molecule has 6 nitrogen and oxygen atoms in total. The zero-order valence-corrected chi connectivity index (χ0v) is 15.3. The Bertz CT molecular complexity index is 712. The SMILES string of the molecule is CSc1nc(N)nc(CN2CCN(c3ccc(C)c(C)c3)CC2)n1. The molecule has 2 N–H and O–H groups in total. The maximum atomic E-state index is 5.76. The summed E-state index contributed by atoms with van der Waals surface area (Å²) >= 11 is 1.49. The molecule has 1 aliphatic heterocycles. The van der Waals surface area contributed by atoms with Crippen LogP contribution < -0.4 is 10.6 Å². The summed E-state index contributed by atoms with van der Waals surface area (Å²) in [4.78, 5) is 17.6. The van der Waals surface area contributed by atoms with Crippen LogP contribution in [0.25, 0.3) is 0 Å². The first-order valence-corrected chi connectivity index (χ1v) is 9.36. The highest BCUT2D eigenvalue weighted by molar-refractivity contribution is 7.98. The fraction of sp³-hybridized carbons (Fsp3) is 0.471. The molecule has 1 aromatic heterocycles. The van der Waals surface area contributed by atoms with Crippen molar-refractivity contribution >= 4 is 23.4 Å². The molecule has 0 atom stereocenters. The van der Waals surface area contributed by atoms with Crippen LogP contribution in [-0.2, 0) is 6.54 Å². The number of nitrogens with zero attached hydrogens (tertiary/aromatic N) is 5. The number of aryl methyl sites for hydroxylation is 2. The lowest BCUT2D eigenvalue weighted by molar-refractivity contribution is 0.243. The first-order valence-electron chi connectivity index (χ1n) is 8.14. The molecule has 0 amide bonds. The van der Waals surface area contributed by atoms with E-state index < -0.39 is 0 Å². The van der Waals surface area contributed by atoms with Crippen molar-refractivity contribution in [1.82, 2.24) is 19.9 Å². The van der Waals surface area contributed by atoms with E-state index in [1.54, 1.807) is 0 Å². The van der Waals surface area contributed by atoms with Crippen molar-refractivity contribution in [3.63, 3.8) is 0 Å². The summed E-state index contributed by atoms with van der Waals surface area (Å²) in [6.45, 7) is 9.06. The average Bonchev–Trinajstić information content (AvgIpc) is 2.57. The maximum absolute atomic E-state index is 5.76. The zero-order chi connectivity index (χ0) is 17.1. The Labute approximate surface area is 147 Å². The van der Waals surface area contributed by atoms with Gasteiger partial charge in [-0.05, 0) is 43.4 Å². The second-order valence-electron chi connectivity index (χ2n) is 6.13. The van der Waals surface area contributed by atoms with Gasteiger partial charge in [0.15, 0.2) is 5.16 Å². The summed E-state index contributed by atoms with van der Waals surface area (Å²) in [5, 5.41) is 0.686. The summed E-state index contributed by atoms with van der Waals surface area (Å²) < 4.78 is 0. The lowest BCUT2D eigenvalue weighted by Gasteiger charge is -2.36. The monoisotopic (exact) mass is 344 g/mol. The number of anilines is 2. The topological polar surface area (TPSA) is 71.2 Å². The van der Waals surface area contributed by atoms with Crippen molar-refractivity contribution in [3.05, 3.63) is 35.2 Å². The Hall–Kier alpha value is -1.86. The highest BCUT2D eigenvalue weighted by Gasteiger charge is 2.19. The Morgan fingerprint density at radius 3 is 2.46 bits per heavy atom. The lowest BCUT2D eigenvalue weighted by Crippen LogP contribution is -2.46. The van der Waals surface area contributed by atoms with Crippen molar-refractivity contribution in [2.45, 2.75) is 25.5 Å². The van der Waals surface area contributed by atoms with Crippen LogP contribution >= 0.6 is 11.8 Å². The highest BCUT2D eigenvalue weighted by atomic mass is 32.2. The molecule has 1 aromatic carbocycles. The van der Waals surface area contributed by atoms with Crippen molar-refractivity contribution in [3.8, 4) is 0 Å². The van der Waals surface area contributed by atoms with Crippen LogP contribution in [0.15, 0.2) is 23.4 Å². The Morgan fingerprint density at radius 2 is 1.79 bits per heavy atom. The molecule has 0 bridgehead atoms. The summed E-state index contributed by atoms with van der Waals surface area (Å²) in [6, 6.07) is 6.70. The number of piperazine rings is 1. The fourth-order valence-corrected chi connectivity index (χ4v) is 3.25. The molecule has 0 unspecified atom stereocenters. The first-order chi connectivity index (χ1) is 11.5. The number of aromatic nitrogens is 3. The first kappa shape index (κ1) is 17.0. The van der Waals surface area contributed by atoms with Crippen LogP contribution in [0.2, 0.25) is 0 Å². The fourth-order valence-electron chi connectivity index (χ4n) is 2.86. The number of hydrogen-bond acceptors (Lipinski definition) is 7. The summed E-state index contributed by atoms with van der Waals surface area (Å²) in [5.41, 5.74) is 9.76. The van der Waals surface area contributed by atoms with E-state index in [9.17, 15) is 0 Å². The smallest absolute Gasteiger partial charge is 0.224 e. The summed E-state index contributed by atoms with van der Waals surface area (Å²) in [7, 11) is 0. The van der Waals surface area contributed by atoms with Crippen LogP contribution in [0.1, 0.15) is 17.0 Å². The number of thioether (sulfide) groups is 1. The molecule has 2 heterocycles. The molecule has 1 aliphatic rings. The van der Waals surface area contributed by atoms with Gasteiger partial charge in [-0.3, -0.25) is 4.90 Å². The molecular formula is C17H24N6S. The Balaban J connectivity index is 1.61. The molecule has 128 valence electrons.